The van der Waals surface area contributed by atoms with Crippen molar-refractivity contribution in [2.45, 2.75) is 6.42 Å². The summed E-state index contributed by atoms with van der Waals surface area (Å²) in [6, 6.07) is 11.0. The molecule has 0 aliphatic rings. The number of rotatable bonds is 5. The number of carbonyl (C=O) groups is 1. The van der Waals surface area contributed by atoms with Gasteiger partial charge in [-0.05, 0) is 36.4 Å². The number of hydrogen-bond donors (Lipinski definition) is 0. The zero-order valence-corrected chi connectivity index (χ0v) is 14.8. The van der Waals surface area contributed by atoms with E-state index >= 15 is 0 Å². The molecule has 110 valence electrons. The fourth-order valence-electron chi connectivity index (χ4n) is 2.05. The van der Waals surface area contributed by atoms with Gasteiger partial charge in [-0.2, -0.15) is 0 Å². The molecule has 2 aromatic rings. The first-order chi connectivity index (χ1) is 10.0. The van der Waals surface area contributed by atoms with Crippen LogP contribution in [0.15, 0.2) is 45.3 Å². The van der Waals surface area contributed by atoms with Crippen molar-refractivity contribution >= 4 is 37.6 Å². The molecule has 0 fully saturated rings. The Labute approximate surface area is 140 Å². The van der Waals surface area contributed by atoms with Crippen LogP contribution < -0.4 is 9.47 Å². The van der Waals surface area contributed by atoms with E-state index in [9.17, 15) is 4.79 Å². The highest BCUT2D eigenvalue weighted by Gasteiger charge is 2.15. The van der Waals surface area contributed by atoms with E-state index in [0.717, 1.165) is 14.5 Å². The zero-order chi connectivity index (χ0) is 15.4. The summed E-state index contributed by atoms with van der Waals surface area (Å²) in [6.45, 7) is 0. The predicted molar refractivity (Wildman–Crippen MR) is 89.4 cm³/mol. The summed E-state index contributed by atoms with van der Waals surface area (Å²) < 4.78 is 12.4. The van der Waals surface area contributed by atoms with Gasteiger partial charge in [-0.25, -0.2) is 0 Å². The molecule has 2 aromatic carbocycles. The molecule has 0 aliphatic carbocycles. The van der Waals surface area contributed by atoms with Gasteiger partial charge >= 0.3 is 0 Å². The van der Waals surface area contributed by atoms with Gasteiger partial charge in [0.2, 0.25) is 0 Å². The summed E-state index contributed by atoms with van der Waals surface area (Å²) in [6.07, 6.45) is 0.251. The lowest BCUT2D eigenvalue weighted by Gasteiger charge is -2.11. The van der Waals surface area contributed by atoms with E-state index in [2.05, 4.69) is 31.9 Å². The fraction of sp³-hybridized carbons (Fsp3) is 0.188. The highest BCUT2D eigenvalue weighted by molar-refractivity contribution is 9.10. The van der Waals surface area contributed by atoms with Crippen molar-refractivity contribution in [2.24, 2.45) is 0 Å². The molecular weight excluding hydrogens is 400 g/mol. The van der Waals surface area contributed by atoms with Crippen LogP contribution >= 0.6 is 31.9 Å². The molecule has 0 unspecified atom stereocenters. The lowest BCUT2D eigenvalue weighted by atomic mass is 10.0. The Bertz CT molecular complexity index is 669. The Balaban J connectivity index is 2.32. The lowest BCUT2D eigenvalue weighted by molar-refractivity contribution is 0.0989. The van der Waals surface area contributed by atoms with Crippen LogP contribution in [0.2, 0.25) is 0 Å². The molecule has 0 amide bonds. The van der Waals surface area contributed by atoms with Gasteiger partial charge in [0.1, 0.15) is 11.5 Å². The van der Waals surface area contributed by atoms with Gasteiger partial charge in [0.25, 0.3) is 0 Å². The summed E-state index contributed by atoms with van der Waals surface area (Å²) in [5.41, 5.74) is 1.39. The number of Topliss-reactive ketones (excluding diaryl/α,β-unsaturated/α-hetero) is 1. The second kappa shape index (κ2) is 7.09. The maximum Gasteiger partial charge on any atom is 0.171 e. The average Bonchev–Trinajstić information content (AvgIpc) is 2.47. The summed E-state index contributed by atoms with van der Waals surface area (Å²) in [7, 11) is 3.15. The summed E-state index contributed by atoms with van der Waals surface area (Å²) in [5.74, 6) is 1.24. The molecule has 3 nitrogen and oxygen atoms in total. The number of methoxy groups -OCH3 is 2. The number of benzene rings is 2. The lowest BCUT2D eigenvalue weighted by Crippen LogP contribution is -2.07. The van der Waals surface area contributed by atoms with Crippen LogP contribution in [-0.2, 0) is 6.42 Å². The first kappa shape index (κ1) is 16.0. The van der Waals surface area contributed by atoms with E-state index < -0.39 is 0 Å². The molecule has 0 atom stereocenters. The highest BCUT2D eigenvalue weighted by Crippen LogP contribution is 2.28. The molecule has 0 bridgehead atoms. The normalized spacial score (nSPS) is 10.3. The van der Waals surface area contributed by atoms with Crippen LogP contribution in [0.1, 0.15) is 15.9 Å². The molecule has 0 aliphatic heterocycles. The van der Waals surface area contributed by atoms with E-state index in [1.807, 2.05) is 24.3 Å². The van der Waals surface area contributed by atoms with Gasteiger partial charge in [-0.1, -0.05) is 31.9 Å². The average molecular weight is 414 g/mol. The molecule has 0 N–H and O–H groups in total. The third kappa shape index (κ3) is 3.86. The van der Waals surface area contributed by atoms with Crippen molar-refractivity contribution in [3.05, 3.63) is 56.5 Å². The van der Waals surface area contributed by atoms with Crippen molar-refractivity contribution < 1.29 is 14.3 Å². The summed E-state index contributed by atoms with van der Waals surface area (Å²) in [4.78, 5) is 12.5. The Morgan fingerprint density at radius 1 is 0.952 bits per heavy atom. The maximum absolute atomic E-state index is 12.5. The van der Waals surface area contributed by atoms with Gasteiger partial charge in [0.05, 0.1) is 19.8 Å². The molecule has 0 spiro atoms. The third-order valence-corrected chi connectivity index (χ3v) is 4.04. The quantitative estimate of drug-likeness (QED) is 0.669. The largest absolute Gasteiger partial charge is 0.496 e. The van der Waals surface area contributed by atoms with Crippen LogP contribution in [-0.4, -0.2) is 20.0 Å². The predicted octanol–water partition coefficient (Wildman–Crippen LogP) is 4.65. The van der Waals surface area contributed by atoms with Crippen molar-refractivity contribution in [3.8, 4) is 11.5 Å². The van der Waals surface area contributed by atoms with Gasteiger partial charge in [0.15, 0.2) is 5.78 Å². The number of halogens is 2. The number of hydrogen-bond acceptors (Lipinski definition) is 3. The molecule has 0 heterocycles. The fourth-order valence-corrected chi connectivity index (χ4v) is 2.80. The van der Waals surface area contributed by atoms with Gasteiger partial charge in [-0.15, -0.1) is 0 Å². The first-order valence-corrected chi connectivity index (χ1v) is 7.83. The van der Waals surface area contributed by atoms with E-state index in [1.54, 1.807) is 26.4 Å². The van der Waals surface area contributed by atoms with Gasteiger partial charge < -0.3 is 9.47 Å². The maximum atomic E-state index is 12.5. The van der Waals surface area contributed by atoms with E-state index in [1.165, 1.54) is 0 Å². The number of ether oxygens (including phenoxy) is 2. The third-order valence-electron chi connectivity index (χ3n) is 3.06. The molecule has 5 heteroatoms. The molecule has 0 saturated heterocycles. The van der Waals surface area contributed by atoms with Crippen LogP contribution in [0.25, 0.3) is 0 Å². The Kier molecular flexibility index (Phi) is 5.42. The first-order valence-electron chi connectivity index (χ1n) is 6.24. The molecule has 2 rings (SSSR count). The summed E-state index contributed by atoms with van der Waals surface area (Å²) >= 11 is 6.78. The van der Waals surface area contributed by atoms with E-state index in [4.69, 9.17) is 9.47 Å². The smallest absolute Gasteiger partial charge is 0.171 e. The highest BCUT2D eigenvalue weighted by atomic mass is 79.9. The van der Waals surface area contributed by atoms with Crippen molar-refractivity contribution in [1.82, 2.24) is 0 Å². The van der Waals surface area contributed by atoms with Crippen LogP contribution in [0.5, 0.6) is 11.5 Å². The van der Waals surface area contributed by atoms with Crippen LogP contribution in [0.4, 0.5) is 0 Å². The molecule has 21 heavy (non-hydrogen) atoms. The standard InChI is InChI=1S/C16H14Br2O3/c1-20-15-6-4-11(17)7-10(15)8-14(19)13-5-3-12(18)9-16(13)21-2/h3-7,9H,8H2,1-2H3. The van der Waals surface area contributed by atoms with Crippen molar-refractivity contribution in [3.63, 3.8) is 0 Å². The Morgan fingerprint density at radius 3 is 2.24 bits per heavy atom. The molecular formula is C16H14Br2O3. The Morgan fingerprint density at radius 2 is 1.57 bits per heavy atom. The molecule has 0 saturated carbocycles. The molecule has 0 radical (unpaired) electrons. The number of carbonyl (C=O) groups excluding carboxylic acids is 1. The molecule has 0 aromatic heterocycles. The second-order valence-corrected chi connectivity index (χ2v) is 6.23. The van der Waals surface area contributed by atoms with Crippen LogP contribution in [0.3, 0.4) is 0 Å². The van der Waals surface area contributed by atoms with Crippen molar-refractivity contribution in [1.29, 1.82) is 0 Å². The monoisotopic (exact) mass is 412 g/mol. The second-order valence-electron chi connectivity index (χ2n) is 4.40. The SMILES string of the molecule is COc1ccc(Br)cc1CC(=O)c1ccc(Br)cc1OC. The van der Waals surface area contributed by atoms with E-state index in [-0.39, 0.29) is 12.2 Å². The zero-order valence-electron chi connectivity index (χ0n) is 11.7. The van der Waals surface area contributed by atoms with Gasteiger partial charge in [-0.3, -0.25) is 4.79 Å². The minimum atomic E-state index is -0.0178. The van der Waals surface area contributed by atoms with Crippen LogP contribution in [0, 0.1) is 0 Å². The van der Waals surface area contributed by atoms with E-state index in [0.29, 0.717) is 17.1 Å². The van der Waals surface area contributed by atoms with Gasteiger partial charge in [0, 0.05) is 20.9 Å². The number of ketones is 1. The topological polar surface area (TPSA) is 35.5 Å². The summed E-state index contributed by atoms with van der Waals surface area (Å²) in [5, 5.41) is 0. The minimum absolute atomic E-state index is 0.0178. The minimum Gasteiger partial charge on any atom is -0.496 e. The Hall–Kier alpha value is -1.33. The van der Waals surface area contributed by atoms with Crippen molar-refractivity contribution in [2.75, 3.05) is 14.2 Å².